The Kier molecular flexibility index (Phi) is 7.50. The van der Waals surface area contributed by atoms with Crippen molar-refractivity contribution in [3.63, 3.8) is 0 Å². The Morgan fingerprint density at radius 3 is 2.74 bits per heavy atom. The van der Waals surface area contributed by atoms with Crippen LogP contribution in [0.15, 0.2) is 12.1 Å². The van der Waals surface area contributed by atoms with Gasteiger partial charge in [0.1, 0.15) is 5.82 Å². The summed E-state index contributed by atoms with van der Waals surface area (Å²) in [6.07, 6.45) is 2.22. The Balaban J connectivity index is 2.26. The zero-order chi connectivity index (χ0) is 13.9. The van der Waals surface area contributed by atoms with E-state index in [0.717, 1.165) is 19.4 Å². The van der Waals surface area contributed by atoms with Crippen LogP contribution in [0, 0.1) is 0 Å². The molecule has 0 aliphatic heterocycles. The maximum Gasteiger partial charge on any atom is 0.271 e. The molecule has 1 amide bonds. The Morgan fingerprint density at radius 2 is 2.11 bits per heavy atom. The van der Waals surface area contributed by atoms with Crippen molar-refractivity contribution in [2.75, 3.05) is 31.6 Å². The van der Waals surface area contributed by atoms with Gasteiger partial charge in [0.15, 0.2) is 5.69 Å². The van der Waals surface area contributed by atoms with Crippen molar-refractivity contribution in [2.45, 2.75) is 26.7 Å². The first-order valence-electron chi connectivity index (χ1n) is 6.71. The van der Waals surface area contributed by atoms with Gasteiger partial charge >= 0.3 is 0 Å². The summed E-state index contributed by atoms with van der Waals surface area (Å²) in [7, 11) is 0. The average Bonchev–Trinajstić information content (AvgIpc) is 2.43. The molecule has 0 saturated carbocycles. The number of carbonyl (C=O) groups is 1. The normalized spacial score (nSPS) is 10.2. The topological polar surface area (TPSA) is 76.1 Å². The van der Waals surface area contributed by atoms with E-state index in [-0.39, 0.29) is 5.91 Å². The molecule has 0 aliphatic rings. The maximum absolute atomic E-state index is 11.5. The van der Waals surface area contributed by atoms with Crippen molar-refractivity contribution >= 4 is 11.7 Å². The SMILES string of the molecule is CCCCOCCNc1ccc(C(=O)NCC)nn1. The molecule has 6 nitrogen and oxygen atoms in total. The molecule has 19 heavy (non-hydrogen) atoms. The lowest BCUT2D eigenvalue weighted by Crippen LogP contribution is -2.24. The van der Waals surface area contributed by atoms with Gasteiger partial charge in [-0.15, -0.1) is 10.2 Å². The summed E-state index contributed by atoms with van der Waals surface area (Å²) in [6.45, 7) is 6.68. The number of unbranched alkanes of at least 4 members (excludes halogenated alkanes) is 1. The molecular formula is C13H22N4O2. The molecule has 0 bridgehead atoms. The first kappa shape index (κ1) is 15.4. The zero-order valence-electron chi connectivity index (χ0n) is 11.6. The van der Waals surface area contributed by atoms with Crippen molar-refractivity contribution in [3.8, 4) is 0 Å². The van der Waals surface area contributed by atoms with E-state index < -0.39 is 0 Å². The Morgan fingerprint density at radius 1 is 1.26 bits per heavy atom. The molecule has 1 rings (SSSR count). The quantitative estimate of drug-likeness (QED) is 0.662. The minimum absolute atomic E-state index is 0.204. The summed E-state index contributed by atoms with van der Waals surface area (Å²) in [5.74, 6) is 0.441. The summed E-state index contributed by atoms with van der Waals surface area (Å²) < 4.78 is 5.41. The van der Waals surface area contributed by atoms with Gasteiger partial charge in [0.25, 0.3) is 5.91 Å². The van der Waals surface area contributed by atoms with Gasteiger partial charge in [-0.3, -0.25) is 4.79 Å². The van der Waals surface area contributed by atoms with Gasteiger partial charge in [0, 0.05) is 19.7 Å². The fraction of sp³-hybridized carbons (Fsp3) is 0.615. The molecular weight excluding hydrogens is 244 g/mol. The van der Waals surface area contributed by atoms with Crippen molar-refractivity contribution < 1.29 is 9.53 Å². The highest BCUT2D eigenvalue weighted by Crippen LogP contribution is 2.01. The lowest BCUT2D eigenvalue weighted by Gasteiger charge is -2.06. The number of hydrogen-bond donors (Lipinski definition) is 2. The van der Waals surface area contributed by atoms with Gasteiger partial charge in [-0.1, -0.05) is 13.3 Å². The standard InChI is InChI=1S/C13H22N4O2/c1-3-5-9-19-10-8-15-12-7-6-11(16-17-12)13(18)14-4-2/h6-7H,3-5,8-10H2,1-2H3,(H,14,18)(H,15,17). The van der Waals surface area contributed by atoms with E-state index in [0.29, 0.717) is 31.2 Å². The third-order valence-electron chi connectivity index (χ3n) is 2.43. The number of anilines is 1. The average molecular weight is 266 g/mol. The number of hydrogen-bond acceptors (Lipinski definition) is 5. The van der Waals surface area contributed by atoms with E-state index in [1.165, 1.54) is 0 Å². The number of nitrogens with one attached hydrogen (secondary N) is 2. The molecule has 0 aliphatic carbocycles. The Labute approximate surface area is 113 Å². The first-order chi connectivity index (χ1) is 9.27. The first-order valence-corrected chi connectivity index (χ1v) is 6.71. The van der Waals surface area contributed by atoms with E-state index in [2.05, 4.69) is 27.8 Å². The molecule has 106 valence electrons. The van der Waals surface area contributed by atoms with Gasteiger partial charge in [0.2, 0.25) is 0 Å². The summed E-state index contributed by atoms with van der Waals surface area (Å²) >= 11 is 0. The smallest absolute Gasteiger partial charge is 0.271 e. The summed E-state index contributed by atoms with van der Waals surface area (Å²) in [6, 6.07) is 3.39. The molecule has 6 heteroatoms. The Bertz CT molecular complexity index is 367. The van der Waals surface area contributed by atoms with Crippen LogP contribution >= 0.6 is 0 Å². The van der Waals surface area contributed by atoms with Gasteiger partial charge < -0.3 is 15.4 Å². The van der Waals surface area contributed by atoms with E-state index in [4.69, 9.17) is 4.74 Å². The minimum Gasteiger partial charge on any atom is -0.380 e. The van der Waals surface area contributed by atoms with Crippen LogP contribution in [0.3, 0.4) is 0 Å². The number of ether oxygens (including phenoxy) is 1. The second kappa shape index (κ2) is 9.27. The monoisotopic (exact) mass is 266 g/mol. The molecule has 0 unspecified atom stereocenters. The summed E-state index contributed by atoms with van der Waals surface area (Å²) in [4.78, 5) is 11.5. The maximum atomic E-state index is 11.5. The van der Waals surface area contributed by atoms with E-state index in [1.54, 1.807) is 12.1 Å². The van der Waals surface area contributed by atoms with Gasteiger partial charge in [0.05, 0.1) is 6.61 Å². The second-order valence-electron chi connectivity index (χ2n) is 4.06. The highest BCUT2D eigenvalue weighted by Gasteiger charge is 2.05. The van der Waals surface area contributed by atoms with E-state index in [1.807, 2.05) is 6.92 Å². The van der Waals surface area contributed by atoms with E-state index >= 15 is 0 Å². The molecule has 2 N–H and O–H groups in total. The lowest BCUT2D eigenvalue weighted by molar-refractivity contribution is 0.0950. The lowest BCUT2D eigenvalue weighted by atomic mass is 10.3. The van der Waals surface area contributed by atoms with Crippen LogP contribution in [-0.2, 0) is 4.74 Å². The third kappa shape index (κ3) is 6.15. The van der Waals surface area contributed by atoms with Crippen LogP contribution < -0.4 is 10.6 Å². The van der Waals surface area contributed by atoms with Gasteiger partial charge in [-0.25, -0.2) is 0 Å². The largest absolute Gasteiger partial charge is 0.380 e. The van der Waals surface area contributed by atoms with Crippen molar-refractivity contribution in [1.82, 2.24) is 15.5 Å². The van der Waals surface area contributed by atoms with Crippen LogP contribution in [0.2, 0.25) is 0 Å². The molecule has 1 aromatic heterocycles. The molecule has 0 atom stereocenters. The van der Waals surface area contributed by atoms with Crippen molar-refractivity contribution in [1.29, 1.82) is 0 Å². The van der Waals surface area contributed by atoms with Crippen LogP contribution in [0.5, 0.6) is 0 Å². The fourth-order valence-electron chi connectivity index (χ4n) is 1.40. The molecule has 0 spiro atoms. The summed E-state index contributed by atoms with van der Waals surface area (Å²) in [5, 5.41) is 13.6. The van der Waals surface area contributed by atoms with Gasteiger partial charge in [-0.05, 0) is 25.5 Å². The van der Waals surface area contributed by atoms with E-state index in [9.17, 15) is 4.79 Å². The predicted octanol–water partition coefficient (Wildman–Crippen LogP) is 1.45. The van der Waals surface area contributed by atoms with Crippen LogP contribution in [0.25, 0.3) is 0 Å². The molecule has 0 aromatic carbocycles. The van der Waals surface area contributed by atoms with Crippen LogP contribution in [-0.4, -0.2) is 42.4 Å². The second-order valence-corrected chi connectivity index (χ2v) is 4.06. The number of nitrogens with zero attached hydrogens (tertiary/aromatic N) is 2. The summed E-state index contributed by atoms with van der Waals surface area (Å²) in [5.41, 5.74) is 0.326. The van der Waals surface area contributed by atoms with Crippen molar-refractivity contribution in [3.05, 3.63) is 17.8 Å². The molecule has 1 aromatic rings. The number of amides is 1. The Hall–Kier alpha value is -1.69. The molecule has 0 radical (unpaired) electrons. The molecule has 1 heterocycles. The molecule has 0 fully saturated rings. The van der Waals surface area contributed by atoms with Gasteiger partial charge in [-0.2, -0.15) is 0 Å². The zero-order valence-corrected chi connectivity index (χ0v) is 11.6. The van der Waals surface area contributed by atoms with Crippen LogP contribution in [0.1, 0.15) is 37.2 Å². The highest BCUT2D eigenvalue weighted by atomic mass is 16.5. The van der Waals surface area contributed by atoms with Crippen molar-refractivity contribution in [2.24, 2.45) is 0 Å². The fourth-order valence-corrected chi connectivity index (χ4v) is 1.40. The minimum atomic E-state index is -0.204. The highest BCUT2D eigenvalue weighted by molar-refractivity contribution is 5.92. The molecule has 0 saturated heterocycles. The van der Waals surface area contributed by atoms with Crippen LogP contribution in [0.4, 0.5) is 5.82 Å². The number of rotatable bonds is 9. The number of carbonyl (C=O) groups excluding carboxylic acids is 1. The number of aromatic nitrogens is 2. The third-order valence-corrected chi connectivity index (χ3v) is 2.43. The predicted molar refractivity (Wildman–Crippen MR) is 74.3 cm³/mol.